The molecule has 2 rings (SSSR count). The molecular formula is C11H12BrN3O. The third-order valence-electron chi connectivity index (χ3n) is 2.47. The number of carbonyl (C=O) groups is 1. The molecule has 0 fully saturated rings. The number of nitrogens with one attached hydrogen (secondary N) is 1. The molecule has 0 unspecified atom stereocenters. The third kappa shape index (κ3) is 1.76. The van der Waals surface area contributed by atoms with Crippen LogP contribution in [0.2, 0.25) is 0 Å². The van der Waals surface area contributed by atoms with Crippen molar-refractivity contribution >= 4 is 32.6 Å². The second-order valence-corrected chi connectivity index (χ2v) is 4.32. The zero-order chi connectivity index (χ0) is 11.7. The maximum absolute atomic E-state index is 11.9. The number of nitrogens with zero attached hydrogens (tertiary/aromatic N) is 2. The molecule has 1 N–H and O–H groups in total. The van der Waals surface area contributed by atoms with Gasteiger partial charge in [-0.3, -0.25) is 9.48 Å². The lowest BCUT2D eigenvalue weighted by Crippen LogP contribution is -2.18. The van der Waals surface area contributed by atoms with E-state index in [9.17, 15) is 4.79 Å². The van der Waals surface area contributed by atoms with E-state index in [0.717, 1.165) is 10.9 Å². The smallest absolute Gasteiger partial charge is 0.177 e. The minimum atomic E-state index is 0.0711. The average Bonchev–Trinajstić information content (AvgIpc) is 2.55. The van der Waals surface area contributed by atoms with Crippen molar-refractivity contribution in [3.05, 3.63) is 28.4 Å². The molecule has 0 bridgehead atoms. The van der Waals surface area contributed by atoms with Crippen molar-refractivity contribution in [2.24, 2.45) is 7.05 Å². The topological polar surface area (TPSA) is 46.9 Å². The summed E-state index contributed by atoms with van der Waals surface area (Å²) in [5.41, 5.74) is 1.65. The van der Waals surface area contributed by atoms with Gasteiger partial charge in [-0.25, -0.2) is 0 Å². The first-order chi connectivity index (χ1) is 7.65. The van der Waals surface area contributed by atoms with E-state index in [1.54, 1.807) is 11.7 Å². The normalized spacial score (nSPS) is 10.9. The Morgan fingerprint density at radius 1 is 1.56 bits per heavy atom. The van der Waals surface area contributed by atoms with Gasteiger partial charge in [0, 0.05) is 18.0 Å². The number of benzene rings is 1. The number of rotatable bonds is 3. The van der Waals surface area contributed by atoms with Crippen LogP contribution >= 0.6 is 15.9 Å². The molecule has 1 aromatic carbocycles. The summed E-state index contributed by atoms with van der Waals surface area (Å²) in [5, 5.41) is 8.00. The van der Waals surface area contributed by atoms with E-state index in [1.807, 2.05) is 25.2 Å². The van der Waals surface area contributed by atoms with Crippen molar-refractivity contribution in [1.29, 1.82) is 0 Å². The molecule has 0 aliphatic heterocycles. The standard InChI is InChI=1S/C11H12BrN3O/c1-13-6-9(16)7-4-3-5-8-10(7)11(12)14-15(8)2/h3-5,13H,6H2,1-2H3. The molecule has 5 heteroatoms. The van der Waals surface area contributed by atoms with Crippen molar-refractivity contribution in [2.45, 2.75) is 0 Å². The Hall–Kier alpha value is -1.20. The number of hydrogen-bond donors (Lipinski definition) is 1. The molecule has 0 amide bonds. The number of Topliss-reactive ketones (excluding diaryl/α,β-unsaturated/α-hetero) is 1. The maximum atomic E-state index is 11.9. The number of aryl methyl sites for hydroxylation is 1. The predicted molar refractivity (Wildman–Crippen MR) is 66.7 cm³/mol. The summed E-state index contributed by atoms with van der Waals surface area (Å²) in [6.45, 7) is 0.334. The number of fused-ring (bicyclic) bond motifs is 1. The summed E-state index contributed by atoms with van der Waals surface area (Å²) in [6.07, 6.45) is 0. The van der Waals surface area contributed by atoms with Crippen LogP contribution in [0.25, 0.3) is 10.9 Å². The fourth-order valence-corrected chi connectivity index (χ4v) is 2.40. The first kappa shape index (κ1) is 11.3. The molecule has 1 aromatic heterocycles. The minimum Gasteiger partial charge on any atom is -0.313 e. The van der Waals surface area contributed by atoms with Crippen LogP contribution in [0.4, 0.5) is 0 Å². The van der Waals surface area contributed by atoms with Crippen LogP contribution in [0.1, 0.15) is 10.4 Å². The van der Waals surface area contributed by atoms with Crippen molar-refractivity contribution in [2.75, 3.05) is 13.6 Å². The summed E-state index contributed by atoms with van der Waals surface area (Å²) in [4.78, 5) is 11.9. The summed E-state index contributed by atoms with van der Waals surface area (Å²) < 4.78 is 2.47. The largest absolute Gasteiger partial charge is 0.313 e. The van der Waals surface area contributed by atoms with Gasteiger partial charge in [0.05, 0.1) is 12.1 Å². The summed E-state index contributed by atoms with van der Waals surface area (Å²) in [6, 6.07) is 5.65. The molecule has 4 nitrogen and oxygen atoms in total. The fraction of sp³-hybridized carbons (Fsp3) is 0.273. The molecule has 84 valence electrons. The van der Waals surface area contributed by atoms with Crippen LogP contribution in [0, 0.1) is 0 Å². The van der Waals surface area contributed by atoms with Crippen LogP contribution in [0.3, 0.4) is 0 Å². The highest BCUT2D eigenvalue weighted by Crippen LogP contribution is 2.26. The van der Waals surface area contributed by atoms with E-state index in [0.29, 0.717) is 16.7 Å². The van der Waals surface area contributed by atoms with Crippen LogP contribution in [-0.4, -0.2) is 29.2 Å². The lowest BCUT2D eigenvalue weighted by Gasteiger charge is -2.02. The Morgan fingerprint density at radius 2 is 2.31 bits per heavy atom. The van der Waals surface area contributed by atoms with Crippen molar-refractivity contribution in [3.8, 4) is 0 Å². The number of aromatic nitrogens is 2. The van der Waals surface area contributed by atoms with Gasteiger partial charge in [-0.15, -0.1) is 0 Å². The molecular weight excluding hydrogens is 270 g/mol. The zero-order valence-electron chi connectivity index (χ0n) is 9.12. The van der Waals surface area contributed by atoms with Gasteiger partial charge in [-0.1, -0.05) is 12.1 Å². The molecule has 0 spiro atoms. The van der Waals surface area contributed by atoms with Gasteiger partial charge >= 0.3 is 0 Å². The number of hydrogen-bond acceptors (Lipinski definition) is 3. The lowest BCUT2D eigenvalue weighted by molar-refractivity contribution is 0.0995. The van der Waals surface area contributed by atoms with Crippen molar-refractivity contribution < 1.29 is 4.79 Å². The Labute approximate surface area is 102 Å². The predicted octanol–water partition coefficient (Wildman–Crippen LogP) is 1.74. The highest BCUT2D eigenvalue weighted by atomic mass is 79.9. The highest BCUT2D eigenvalue weighted by Gasteiger charge is 2.14. The average molecular weight is 282 g/mol. The molecule has 1 heterocycles. The van der Waals surface area contributed by atoms with Crippen LogP contribution in [-0.2, 0) is 7.05 Å². The minimum absolute atomic E-state index is 0.0711. The summed E-state index contributed by atoms with van der Waals surface area (Å²) in [5.74, 6) is 0.0711. The van der Waals surface area contributed by atoms with Crippen LogP contribution in [0.15, 0.2) is 22.8 Å². The Balaban J connectivity index is 2.66. The van der Waals surface area contributed by atoms with Gasteiger partial charge in [0.2, 0.25) is 0 Å². The van der Waals surface area contributed by atoms with Gasteiger partial charge < -0.3 is 5.32 Å². The van der Waals surface area contributed by atoms with Gasteiger partial charge in [-0.05, 0) is 29.0 Å². The zero-order valence-corrected chi connectivity index (χ0v) is 10.7. The van der Waals surface area contributed by atoms with E-state index in [-0.39, 0.29) is 5.78 Å². The number of likely N-dealkylation sites (N-methyl/N-ethyl adjacent to an activating group) is 1. The van der Waals surface area contributed by atoms with E-state index in [4.69, 9.17) is 0 Å². The molecule has 0 atom stereocenters. The van der Waals surface area contributed by atoms with Crippen LogP contribution < -0.4 is 5.32 Å². The summed E-state index contributed by atoms with van der Waals surface area (Å²) >= 11 is 3.38. The van der Waals surface area contributed by atoms with Gasteiger partial charge in [0.15, 0.2) is 5.78 Å². The maximum Gasteiger partial charge on any atom is 0.177 e. The van der Waals surface area contributed by atoms with E-state index in [1.165, 1.54) is 0 Å². The van der Waals surface area contributed by atoms with Crippen molar-refractivity contribution in [3.63, 3.8) is 0 Å². The van der Waals surface area contributed by atoms with Crippen LogP contribution in [0.5, 0.6) is 0 Å². The summed E-state index contributed by atoms with van der Waals surface area (Å²) in [7, 11) is 3.62. The highest BCUT2D eigenvalue weighted by molar-refractivity contribution is 9.10. The van der Waals surface area contributed by atoms with Crippen molar-refractivity contribution in [1.82, 2.24) is 15.1 Å². The second kappa shape index (κ2) is 4.35. The molecule has 0 saturated carbocycles. The molecule has 16 heavy (non-hydrogen) atoms. The van der Waals surface area contributed by atoms with Gasteiger partial charge in [0.1, 0.15) is 4.60 Å². The second-order valence-electron chi connectivity index (χ2n) is 3.57. The molecule has 0 aliphatic carbocycles. The quantitative estimate of drug-likeness (QED) is 0.872. The SMILES string of the molecule is CNCC(=O)c1cccc2c1c(Br)nn2C. The monoisotopic (exact) mass is 281 g/mol. The third-order valence-corrected chi connectivity index (χ3v) is 3.03. The fourth-order valence-electron chi connectivity index (χ4n) is 1.75. The van der Waals surface area contributed by atoms with E-state index in [2.05, 4.69) is 26.3 Å². The van der Waals surface area contributed by atoms with Gasteiger partial charge in [-0.2, -0.15) is 5.10 Å². The molecule has 0 aliphatic rings. The van der Waals surface area contributed by atoms with Gasteiger partial charge in [0.25, 0.3) is 0 Å². The number of carbonyl (C=O) groups excluding carboxylic acids is 1. The Bertz CT molecular complexity index is 547. The lowest BCUT2D eigenvalue weighted by atomic mass is 10.1. The first-order valence-electron chi connectivity index (χ1n) is 4.94. The first-order valence-corrected chi connectivity index (χ1v) is 5.73. The molecule has 2 aromatic rings. The van der Waals surface area contributed by atoms with E-state index >= 15 is 0 Å². The molecule has 0 radical (unpaired) electrons. The Kier molecular flexibility index (Phi) is 3.07. The Morgan fingerprint density at radius 3 is 3.00 bits per heavy atom. The van der Waals surface area contributed by atoms with E-state index < -0.39 is 0 Å². The molecule has 0 saturated heterocycles. The number of ketones is 1. The number of halogens is 1.